The fourth-order valence-electron chi connectivity index (χ4n) is 1.50. The predicted molar refractivity (Wildman–Crippen MR) is 74.3 cm³/mol. The molecule has 0 aromatic carbocycles. The Hall–Kier alpha value is -1.20. The Morgan fingerprint density at radius 3 is 3.00 bits per heavy atom. The van der Waals surface area contributed by atoms with Crippen LogP contribution in [-0.2, 0) is 4.74 Å². The van der Waals surface area contributed by atoms with Gasteiger partial charge in [0.1, 0.15) is 10.8 Å². The molecule has 5 heteroatoms. The SMILES string of the molecule is COCCCCCNc1ncccc1C(N)=S. The van der Waals surface area contributed by atoms with Gasteiger partial charge in [0.2, 0.25) is 0 Å². The van der Waals surface area contributed by atoms with Crippen LogP contribution in [-0.4, -0.2) is 30.2 Å². The number of nitrogens with one attached hydrogen (secondary N) is 1. The van der Waals surface area contributed by atoms with Crippen molar-refractivity contribution in [1.29, 1.82) is 0 Å². The minimum absolute atomic E-state index is 0.375. The zero-order valence-electron chi connectivity index (χ0n) is 10.1. The molecule has 1 aromatic rings. The molecule has 1 aromatic heterocycles. The molecular formula is C12H19N3OS. The Balaban J connectivity index is 2.34. The first kappa shape index (κ1) is 13.9. The van der Waals surface area contributed by atoms with Crippen LogP contribution in [0.25, 0.3) is 0 Å². The van der Waals surface area contributed by atoms with Crippen LogP contribution in [0, 0.1) is 0 Å². The zero-order valence-corrected chi connectivity index (χ0v) is 10.9. The van der Waals surface area contributed by atoms with Crippen LogP contribution >= 0.6 is 12.2 Å². The molecule has 0 aliphatic heterocycles. The molecule has 17 heavy (non-hydrogen) atoms. The fourth-order valence-corrected chi connectivity index (χ4v) is 1.66. The zero-order chi connectivity index (χ0) is 12.5. The number of nitrogens with zero attached hydrogens (tertiary/aromatic N) is 1. The molecule has 0 radical (unpaired) electrons. The van der Waals surface area contributed by atoms with Gasteiger partial charge in [-0.15, -0.1) is 0 Å². The molecule has 0 amide bonds. The van der Waals surface area contributed by atoms with Crippen molar-refractivity contribution >= 4 is 23.0 Å². The van der Waals surface area contributed by atoms with Crippen molar-refractivity contribution < 1.29 is 4.74 Å². The van der Waals surface area contributed by atoms with Crippen molar-refractivity contribution in [3.63, 3.8) is 0 Å². The van der Waals surface area contributed by atoms with Gasteiger partial charge in [0, 0.05) is 26.5 Å². The summed E-state index contributed by atoms with van der Waals surface area (Å²) in [6, 6.07) is 3.71. The molecule has 0 saturated heterocycles. The van der Waals surface area contributed by atoms with Crippen LogP contribution in [0.3, 0.4) is 0 Å². The lowest BCUT2D eigenvalue weighted by Gasteiger charge is -2.09. The highest BCUT2D eigenvalue weighted by Crippen LogP contribution is 2.11. The molecule has 1 heterocycles. The Kier molecular flexibility index (Phi) is 6.50. The van der Waals surface area contributed by atoms with E-state index < -0.39 is 0 Å². The van der Waals surface area contributed by atoms with Crippen LogP contribution in [0.2, 0.25) is 0 Å². The van der Waals surface area contributed by atoms with Gasteiger partial charge in [-0.05, 0) is 31.4 Å². The van der Waals surface area contributed by atoms with Crippen molar-refractivity contribution in [2.45, 2.75) is 19.3 Å². The highest BCUT2D eigenvalue weighted by atomic mass is 32.1. The number of aromatic nitrogens is 1. The first-order valence-corrected chi connectivity index (χ1v) is 6.14. The maximum atomic E-state index is 5.62. The second-order valence-corrected chi connectivity index (χ2v) is 4.18. The molecule has 0 spiro atoms. The summed E-state index contributed by atoms with van der Waals surface area (Å²) in [5.74, 6) is 0.770. The van der Waals surface area contributed by atoms with E-state index >= 15 is 0 Å². The molecule has 1 rings (SSSR count). The van der Waals surface area contributed by atoms with Gasteiger partial charge in [-0.3, -0.25) is 0 Å². The number of methoxy groups -OCH3 is 1. The number of hydrogen-bond acceptors (Lipinski definition) is 4. The van der Waals surface area contributed by atoms with Crippen molar-refractivity contribution in [2.24, 2.45) is 5.73 Å². The minimum atomic E-state index is 0.375. The summed E-state index contributed by atoms with van der Waals surface area (Å²) in [5, 5.41) is 3.25. The summed E-state index contributed by atoms with van der Waals surface area (Å²) >= 11 is 4.97. The summed E-state index contributed by atoms with van der Waals surface area (Å²) in [6.45, 7) is 1.69. The minimum Gasteiger partial charge on any atom is -0.389 e. The van der Waals surface area contributed by atoms with Gasteiger partial charge in [-0.2, -0.15) is 0 Å². The summed E-state index contributed by atoms with van der Waals surface area (Å²) in [4.78, 5) is 4.61. The topological polar surface area (TPSA) is 60.2 Å². The highest BCUT2D eigenvalue weighted by Gasteiger charge is 2.04. The summed E-state index contributed by atoms with van der Waals surface area (Å²) in [7, 11) is 1.72. The second-order valence-electron chi connectivity index (χ2n) is 3.74. The summed E-state index contributed by atoms with van der Waals surface area (Å²) < 4.78 is 4.99. The van der Waals surface area contributed by atoms with E-state index in [1.54, 1.807) is 13.3 Å². The molecular weight excluding hydrogens is 234 g/mol. The average Bonchev–Trinajstić information content (AvgIpc) is 2.34. The van der Waals surface area contributed by atoms with E-state index in [1.165, 1.54) is 0 Å². The molecule has 0 aliphatic rings. The predicted octanol–water partition coefficient (Wildman–Crippen LogP) is 1.94. The molecule has 0 unspecified atom stereocenters. The Bertz CT molecular complexity index is 357. The first-order valence-electron chi connectivity index (χ1n) is 5.73. The molecule has 3 N–H and O–H groups in total. The third-order valence-corrected chi connectivity index (χ3v) is 2.61. The van der Waals surface area contributed by atoms with E-state index in [9.17, 15) is 0 Å². The van der Waals surface area contributed by atoms with Crippen LogP contribution in [0.5, 0.6) is 0 Å². The van der Waals surface area contributed by atoms with E-state index in [-0.39, 0.29) is 0 Å². The molecule has 0 bridgehead atoms. The van der Waals surface area contributed by atoms with E-state index in [1.807, 2.05) is 12.1 Å². The Morgan fingerprint density at radius 2 is 2.29 bits per heavy atom. The van der Waals surface area contributed by atoms with E-state index in [4.69, 9.17) is 22.7 Å². The number of hydrogen-bond donors (Lipinski definition) is 2. The lowest BCUT2D eigenvalue weighted by Crippen LogP contribution is -2.14. The molecule has 94 valence electrons. The highest BCUT2D eigenvalue weighted by molar-refractivity contribution is 7.80. The third-order valence-electron chi connectivity index (χ3n) is 2.39. The quantitative estimate of drug-likeness (QED) is 0.548. The second kappa shape index (κ2) is 7.97. The van der Waals surface area contributed by atoms with Gasteiger partial charge in [-0.1, -0.05) is 12.2 Å². The molecule has 0 saturated carbocycles. The lowest BCUT2D eigenvalue weighted by atomic mass is 10.2. The van der Waals surface area contributed by atoms with Crippen molar-refractivity contribution in [3.05, 3.63) is 23.9 Å². The first-order chi connectivity index (χ1) is 8.25. The van der Waals surface area contributed by atoms with E-state index in [0.717, 1.165) is 43.8 Å². The maximum absolute atomic E-state index is 5.62. The maximum Gasteiger partial charge on any atom is 0.136 e. The number of pyridine rings is 1. The Morgan fingerprint density at radius 1 is 1.47 bits per heavy atom. The van der Waals surface area contributed by atoms with Gasteiger partial charge < -0.3 is 15.8 Å². The number of ether oxygens (including phenoxy) is 1. The largest absolute Gasteiger partial charge is 0.389 e. The summed E-state index contributed by atoms with van der Waals surface area (Å²) in [6.07, 6.45) is 5.03. The number of unbranched alkanes of at least 4 members (excludes halogenated alkanes) is 2. The van der Waals surface area contributed by atoms with Crippen molar-refractivity contribution in [2.75, 3.05) is 25.6 Å². The normalized spacial score (nSPS) is 10.2. The van der Waals surface area contributed by atoms with Gasteiger partial charge in [0.15, 0.2) is 0 Å². The number of thiocarbonyl (C=S) groups is 1. The van der Waals surface area contributed by atoms with Crippen LogP contribution in [0.4, 0.5) is 5.82 Å². The van der Waals surface area contributed by atoms with Gasteiger partial charge in [0.05, 0.1) is 5.56 Å². The third kappa shape index (κ3) is 5.10. The molecule has 4 nitrogen and oxygen atoms in total. The summed E-state index contributed by atoms with van der Waals surface area (Å²) in [5.41, 5.74) is 6.42. The molecule has 0 fully saturated rings. The lowest BCUT2D eigenvalue weighted by molar-refractivity contribution is 0.192. The standard InChI is InChI=1S/C12H19N3OS/c1-16-9-4-2-3-7-14-12-10(11(13)17)6-5-8-15-12/h5-6,8H,2-4,7,9H2,1H3,(H2,13,17)(H,14,15). The average molecular weight is 253 g/mol. The van der Waals surface area contributed by atoms with Crippen molar-refractivity contribution in [1.82, 2.24) is 4.98 Å². The monoisotopic (exact) mass is 253 g/mol. The number of rotatable bonds is 8. The van der Waals surface area contributed by atoms with Crippen LogP contribution < -0.4 is 11.1 Å². The smallest absolute Gasteiger partial charge is 0.136 e. The van der Waals surface area contributed by atoms with E-state index in [0.29, 0.717) is 4.99 Å². The Labute approximate surface area is 108 Å². The fraction of sp³-hybridized carbons (Fsp3) is 0.500. The van der Waals surface area contributed by atoms with Gasteiger partial charge in [0.25, 0.3) is 0 Å². The number of anilines is 1. The number of nitrogens with two attached hydrogens (primary N) is 1. The molecule has 0 aliphatic carbocycles. The van der Waals surface area contributed by atoms with Crippen LogP contribution in [0.1, 0.15) is 24.8 Å². The van der Waals surface area contributed by atoms with Gasteiger partial charge in [-0.25, -0.2) is 4.98 Å². The van der Waals surface area contributed by atoms with Gasteiger partial charge >= 0.3 is 0 Å². The van der Waals surface area contributed by atoms with E-state index in [2.05, 4.69) is 10.3 Å². The van der Waals surface area contributed by atoms with Crippen molar-refractivity contribution in [3.8, 4) is 0 Å². The van der Waals surface area contributed by atoms with Crippen LogP contribution in [0.15, 0.2) is 18.3 Å². The molecule has 0 atom stereocenters.